The third kappa shape index (κ3) is 4.12. The Bertz CT molecular complexity index is 968. The van der Waals surface area contributed by atoms with Crippen LogP contribution in [0.4, 0.5) is 11.4 Å². The average Bonchev–Trinajstić information content (AvgIpc) is 2.71. The molecule has 1 aliphatic heterocycles. The number of benzene rings is 2. The standard InChI is InChI=1S/C19H21N3O3S/c1-13-12-18(23)22-16-10-5-9-15(19(16)21-13)8-4-7-14-6-2-3-11-17(14)26(20,24)25/h2-6,8-11,13,21H,7,12H2,1H3,(H,22,23)(H2,20,24,25)/b8-4+/t13-/m0/s1. The Morgan fingerprint density at radius 1 is 1.19 bits per heavy atom. The number of para-hydroxylation sites is 1. The highest BCUT2D eigenvalue weighted by atomic mass is 32.2. The molecule has 0 unspecified atom stereocenters. The summed E-state index contributed by atoms with van der Waals surface area (Å²) in [6, 6.07) is 12.4. The number of nitrogens with two attached hydrogens (primary N) is 1. The maximum atomic E-state index is 11.9. The van der Waals surface area contributed by atoms with Crippen molar-refractivity contribution in [3.8, 4) is 0 Å². The lowest BCUT2D eigenvalue weighted by molar-refractivity contribution is -0.116. The summed E-state index contributed by atoms with van der Waals surface area (Å²) >= 11 is 0. The zero-order valence-electron chi connectivity index (χ0n) is 14.4. The van der Waals surface area contributed by atoms with Crippen LogP contribution in [0.15, 0.2) is 53.4 Å². The Labute approximate surface area is 153 Å². The first-order chi connectivity index (χ1) is 12.3. The number of carbonyl (C=O) groups excluding carboxylic acids is 1. The van der Waals surface area contributed by atoms with Crippen molar-refractivity contribution in [1.82, 2.24) is 0 Å². The lowest BCUT2D eigenvalue weighted by Crippen LogP contribution is -2.19. The Hall–Kier alpha value is -2.64. The van der Waals surface area contributed by atoms with Gasteiger partial charge in [-0.1, -0.05) is 42.5 Å². The van der Waals surface area contributed by atoms with Gasteiger partial charge < -0.3 is 10.6 Å². The molecular weight excluding hydrogens is 350 g/mol. The maximum Gasteiger partial charge on any atom is 0.238 e. The molecule has 7 heteroatoms. The van der Waals surface area contributed by atoms with Crippen LogP contribution < -0.4 is 15.8 Å². The van der Waals surface area contributed by atoms with Crippen LogP contribution in [0.1, 0.15) is 24.5 Å². The van der Waals surface area contributed by atoms with E-state index in [1.165, 1.54) is 6.07 Å². The summed E-state index contributed by atoms with van der Waals surface area (Å²) in [7, 11) is -3.75. The second-order valence-corrected chi connectivity index (χ2v) is 7.86. The van der Waals surface area contributed by atoms with Gasteiger partial charge in [-0.2, -0.15) is 0 Å². The van der Waals surface area contributed by atoms with Gasteiger partial charge in [0, 0.05) is 12.5 Å². The van der Waals surface area contributed by atoms with Crippen LogP contribution in [-0.2, 0) is 21.2 Å². The molecule has 0 aromatic heterocycles. The van der Waals surface area contributed by atoms with Crippen molar-refractivity contribution in [3.05, 3.63) is 59.7 Å². The summed E-state index contributed by atoms with van der Waals surface area (Å²) in [5, 5.41) is 11.5. The highest BCUT2D eigenvalue weighted by molar-refractivity contribution is 7.89. The molecule has 1 atom stereocenters. The Balaban J connectivity index is 1.87. The molecule has 26 heavy (non-hydrogen) atoms. The number of nitrogens with one attached hydrogen (secondary N) is 2. The first-order valence-corrected chi connectivity index (χ1v) is 9.86. The van der Waals surface area contributed by atoms with Gasteiger partial charge >= 0.3 is 0 Å². The molecule has 0 saturated heterocycles. The molecule has 6 nitrogen and oxygen atoms in total. The van der Waals surface area contributed by atoms with E-state index in [1.807, 2.05) is 37.3 Å². The third-order valence-corrected chi connectivity index (χ3v) is 5.18. The molecule has 0 aliphatic carbocycles. The Morgan fingerprint density at radius 3 is 2.73 bits per heavy atom. The molecule has 1 aliphatic rings. The number of sulfonamides is 1. The number of fused-ring (bicyclic) bond motifs is 1. The van der Waals surface area contributed by atoms with Crippen LogP contribution in [0.3, 0.4) is 0 Å². The summed E-state index contributed by atoms with van der Waals surface area (Å²) < 4.78 is 23.4. The molecule has 1 heterocycles. The van der Waals surface area contributed by atoms with Crippen molar-refractivity contribution in [2.75, 3.05) is 10.6 Å². The number of allylic oxidation sites excluding steroid dienone is 1. The van der Waals surface area contributed by atoms with Crippen LogP contribution in [-0.4, -0.2) is 20.4 Å². The fraction of sp³-hybridized carbons (Fsp3) is 0.211. The van der Waals surface area contributed by atoms with Crippen LogP contribution >= 0.6 is 0 Å². The van der Waals surface area contributed by atoms with Gasteiger partial charge in [0.05, 0.1) is 16.3 Å². The SMILES string of the molecule is C[C@H]1CC(=O)Nc2cccc(/C=C/Cc3ccccc3S(N)(=O)=O)c2N1. The molecule has 0 fully saturated rings. The van der Waals surface area contributed by atoms with Crippen molar-refractivity contribution >= 4 is 33.4 Å². The molecule has 4 N–H and O–H groups in total. The van der Waals surface area contributed by atoms with Gasteiger partial charge in [0.2, 0.25) is 15.9 Å². The first kappa shape index (κ1) is 18.2. The number of rotatable bonds is 4. The van der Waals surface area contributed by atoms with E-state index in [2.05, 4.69) is 10.6 Å². The minimum atomic E-state index is -3.75. The van der Waals surface area contributed by atoms with Gasteiger partial charge in [0.25, 0.3) is 0 Å². The summed E-state index contributed by atoms with van der Waals surface area (Å²) in [5.74, 6) is -0.0213. The van der Waals surface area contributed by atoms with Crippen molar-refractivity contribution < 1.29 is 13.2 Å². The molecule has 136 valence electrons. The molecule has 2 aromatic rings. The second kappa shape index (κ2) is 7.31. The Kier molecular flexibility index (Phi) is 5.11. The molecule has 0 spiro atoms. The topological polar surface area (TPSA) is 101 Å². The summed E-state index contributed by atoms with van der Waals surface area (Å²) in [4.78, 5) is 12.0. The van der Waals surface area contributed by atoms with Gasteiger partial charge in [-0.05, 0) is 36.6 Å². The van der Waals surface area contributed by atoms with Gasteiger partial charge in [0.1, 0.15) is 0 Å². The van der Waals surface area contributed by atoms with Crippen LogP contribution in [0.25, 0.3) is 6.08 Å². The third-order valence-electron chi connectivity index (χ3n) is 4.17. The molecule has 3 rings (SSSR count). The van der Waals surface area contributed by atoms with E-state index in [0.29, 0.717) is 18.4 Å². The Morgan fingerprint density at radius 2 is 1.96 bits per heavy atom. The number of primary sulfonamides is 1. The molecule has 0 saturated carbocycles. The van der Waals surface area contributed by atoms with Crippen molar-refractivity contribution in [2.45, 2.75) is 30.7 Å². The fourth-order valence-electron chi connectivity index (χ4n) is 3.01. The van der Waals surface area contributed by atoms with E-state index in [9.17, 15) is 13.2 Å². The van der Waals surface area contributed by atoms with E-state index in [0.717, 1.165) is 16.9 Å². The highest BCUT2D eigenvalue weighted by Crippen LogP contribution is 2.31. The number of amides is 1. The van der Waals surface area contributed by atoms with Gasteiger partial charge in [-0.15, -0.1) is 0 Å². The first-order valence-electron chi connectivity index (χ1n) is 8.31. The van der Waals surface area contributed by atoms with E-state index in [1.54, 1.807) is 18.2 Å². The summed E-state index contributed by atoms with van der Waals surface area (Å²) in [6.07, 6.45) is 4.63. The normalized spacial score (nSPS) is 17.3. The maximum absolute atomic E-state index is 11.9. The van der Waals surface area contributed by atoms with Crippen LogP contribution in [0.5, 0.6) is 0 Å². The van der Waals surface area contributed by atoms with E-state index < -0.39 is 10.0 Å². The number of anilines is 2. The van der Waals surface area contributed by atoms with Crippen LogP contribution in [0, 0.1) is 0 Å². The van der Waals surface area contributed by atoms with E-state index in [-0.39, 0.29) is 16.8 Å². The minimum Gasteiger partial charge on any atom is -0.380 e. The lowest BCUT2D eigenvalue weighted by Gasteiger charge is -2.14. The minimum absolute atomic E-state index is 0.0213. The predicted molar refractivity (Wildman–Crippen MR) is 103 cm³/mol. The van der Waals surface area contributed by atoms with E-state index in [4.69, 9.17) is 5.14 Å². The fourth-order valence-corrected chi connectivity index (χ4v) is 3.80. The van der Waals surface area contributed by atoms with E-state index >= 15 is 0 Å². The van der Waals surface area contributed by atoms with Gasteiger partial charge in [-0.25, -0.2) is 13.6 Å². The van der Waals surface area contributed by atoms with Gasteiger partial charge in [-0.3, -0.25) is 4.79 Å². The monoisotopic (exact) mass is 371 g/mol. The molecular formula is C19H21N3O3S. The quantitative estimate of drug-likeness (QED) is 0.769. The van der Waals surface area contributed by atoms with Crippen molar-refractivity contribution in [3.63, 3.8) is 0 Å². The summed E-state index contributed by atoms with van der Waals surface area (Å²) in [5.41, 5.74) is 3.17. The molecule has 0 radical (unpaired) electrons. The van der Waals surface area contributed by atoms with Crippen molar-refractivity contribution in [2.24, 2.45) is 5.14 Å². The zero-order valence-corrected chi connectivity index (χ0v) is 15.2. The lowest BCUT2D eigenvalue weighted by atomic mass is 10.1. The second-order valence-electron chi connectivity index (χ2n) is 6.33. The van der Waals surface area contributed by atoms with Crippen molar-refractivity contribution in [1.29, 1.82) is 0 Å². The van der Waals surface area contributed by atoms with Crippen LogP contribution in [0.2, 0.25) is 0 Å². The number of carbonyl (C=O) groups is 1. The molecule has 0 bridgehead atoms. The summed E-state index contributed by atoms with van der Waals surface area (Å²) in [6.45, 7) is 1.96. The largest absolute Gasteiger partial charge is 0.380 e. The highest BCUT2D eigenvalue weighted by Gasteiger charge is 2.18. The number of hydrogen-bond donors (Lipinski definition) is 3. The molecule has 2 aromatic carbocycles. The number of hydrogen-bond acceptors (Lipinski definition) is 4. The molecule has 1 amide bonds. The zero-order chi connectivity index (χ0) is 18.7. The smallest absolute Gasteiger partial charge is 0.238 e. The average molecular weight is 371 g/mol. The van der Waals surface area contributed by atoms with Gasteiger partial charge in [0.15, 0.2) is 0 Å². The predicted octanol–water partition coefficient (Wildman–Crippen LogP) is 2.73.